The van der Waals surface area contributed by atoms with Crippen LogP contribution >= 0.6 is 0 Å². The van der Waals surface area contributed by atoms with Gasteiger partial charge in [0, 0.05) is 31.9 Å². The first-order valence-electron chi connectivity index (χ1n) is 12.6. The fourth-order valence-corrected chi connectivity index (χ4v) is 4.39. The number of nitrogens with zero attached hydrogens (tertiary/aromatic N) is 2. The molecule has 0 amide bonds. The van der Waals surface area contributed by atoms with Crippen molar-refractivity contribution in [3.05, 3.63) is 48.3 Å². The van der Waals surface area contributed by atoms with Gasteiger partial charge in [0.1, 0.15) is 6.17 Å². The summed E-state index contributed by atoms with van der Waals surface area (Å²) in [5.41, 5.74) is 1.45. The fraction of sp³-hybridized carbons (Fsp3) is 0.704. The highest BCUT2D eigenvalue weighted by Crippen LogP contribution is 2.22. The van der Waals surface area contributed by atoms with E-state index in [0.29, 0.717) is 6.17 Å². The molecule has 1 aliphatic rings. The van der Waals surface area contributed by atoms with Gasteiger partial charge in [-0.05, 0) is 18.4 Å². The topological polar surface area (TPSA) is 6.48 Å². The number of unbranched alkanes of at least 4 members (excludes halogenated alkanes) is 11. The third-order valence-electron chi connectivity index (χ3n) is 6.27. The van der Waals surface area contributed by atoms with E-state index in [1.54, 1.807) is 0 Å². The average Bonchev–Trinajstić information content (AvgIpc) is 3.12. The molecule has 164 valence electrons. The van der Waals surface area contributed by atoms with Gasteiger partial charge in [-0.15, -0.1) is 0 Å². The third-order valence-corrected chi connectivity index (χ3v) is 6.27. The van der Waals surface area contributed by atoms with Crippen molar-refractivity contribution in [1.29, 1.82) is 0 Å². The summed E-state index contributed by atoms with van der Waals surface area (Å²) in [4.78, 5) is 5.18. The molecule has 2 rings (SSSR count). The summed E-state index contributed by atoms with van der Waals surface area (Å²) >= 11 is 0. The first-order valence-corrected chi connectivity index (χ1v) is 12.6. The molecule has 1 atom stereocenters. The zero-order chi connectivity index (χ0) is 20.6. The lowest BCUT2D eigenvalue weighted by molar-refractivity contribution is 0.148. The Balaban J connectivity index is 1.68. The summed E-state index contributed by atoms with van der Waals surface area (Å²) in [6.45, 7) is 6.98. The first kappa shape index (κ1) is 23.8. The Hall–Kier alpha value is -1.44. The first-order chi connectivity index (χ1) is 14.3. The summed E-state index contributed by atoms with van der Waals surface area (Å²) in [5.74, 6) is 0. The zero-order valence-corrected chi connectivity index (χ0v) is 19.3. The fourth-order valence-electron chi connectivity index (χ4n) is 4.39. The molecular weight excluding hydrogens is 352 g/mol. The summed E-state index contributed by atoms with van der Waals surface area (Å²) < 4.78 is 0. The molecule has 2 heteroatoms. The second-order valence-electron chi connectivity index (χ2n) is 8.83. The molecule has 0 radical (unpaired) electrons. The summed E-state index contributed by atoms with van der Waals surface area (Å²) in [6.07, 6.45) is 24.4. The average molecular weight is 399 g/mol. The maximum Gasteiger partial charge on any atom is 0.105 e. The number of benzene rings is 1. The summed E-state index contributed by atoms with van der Waals surface area (Å²) in [5, 5.41) is 0. The monoisotopic (exact) mass is 398 g/mol. The van der Waals surface area contributed by atoms with Crippen LogP contribution in [-0.4, -0.2) is 29.1 Å². The standard InChI is InChI=1S/C27H46N2/c1-3-5-7-8-9-10-11-12-13-18-22-29-24-23-28(21-17-6-4-2)27(29)25-26-19-15-14-16-20-26/h14-16,19-20,23-24,27H,3-13,17-18,21-22,25H2,1-2H3. The van der Waals surface area contributed by atoms with Crippen molar-refractivity contribution in [2.24, 2.45) is 0 Å². The Labute approximate surface area is 181 Å². The van der Waals surface area contributed by atoms with Crippen LogP contribution in [0.4, 0.5) is 0 Å². The second-order valence-corrected chi connectivity index (χ2v) is 8.83. The highest BCUT2D eigenvalue weighted by atomic mass is 15.4. The van der Waals surface area contributed by atoms with Gasteiger partial charge in [0.15, 0.2) is 0 Å². The molecule has 0 fully saturated rings. The van der Waals surface area contributed by atoms with E-state index >= 15 is 0 Å². The number of rotatable bonds is 17. The van der Waals surface area contributed by atoms with E-state index in [0.717, 1.165) is 6.42 Å². The van der Waals surface area contributed by atoms with E-state index in [9.17, 15) is 0 Å². The van der Waals surface area contributed by atoms with Crippen LogP contribution in [-0.2, 0) is 6.42 Å². The van der Waals surface area contributed by atoms with Crippen molar-refractivity contribution in [2.75, 3.05) is 13.1 Å². The Morgan fingerprint density at radius 2 is 1.03 bits per heavy atom. The highest BCUT2D eigenvalue weighted by molar-refractivity contribution is 5.17. The largest absolute Gasteiger partial charge is 0.356 e. The highest BCUT2D eigenvalue weighted by Gasteiger charge is 2.25. The van der Waals surface area contributed by atoms with Gasteiger partial charge in [-0.2, -0.15) is 0 Å². The molecule has 1 unspecified atom stereocenters. The molecule has 0 spiro atoms. The maximum absolute atomic E-state index is 2.60. The van der Waals surface area contributed by atoms with Crippen molar-refractivity contribution in [3.63, 3.8) is 0 Å². The molecule has 0 saturated carbocycles. The third kappa shape index (κ3) is 9.74. The molecule has 0 bridgehead atoms. The van der Waals surface area contributed by atoms with Gasteiger partial charge in [-0.3, -0.25) is 0 Å². The minimum absolute atomic E-state index is 0.507. The van der Waals surface area contributed by atoms with Crippen molar-refractivity contribution in [3.8, 4) is 0 Å². The lowest BCUT2D eigenvalue weighted by Crippen LogP contribution is -2.41. The Kier molecular flexibility index (Phi) is 12.7. The van der Waals surface area contributed by atoms with Crippen LogP contribution in [0.5, 0.6) is 0 Å². The predicted octanol–water partition coefficient (Wildman–Crippen LogP) is 7.76. The van der Waals surface area contributed by atoms with Gasteiger partial charge in [0.05, 0.1) is 0 Å². The van der Waals surface area contributed by atoms with E-state index in [4.69, 9.17) is 0 Å². The van der Waals surface area contributed by atoms with E-state index in [2.05, 4.69) is 66.4 Å². The molecule has 2 nitrogen and oxygen atoms in total. The lowest BCUT2D eigenvalue weighted by Gasteiger charge is -2.33. The van der Waals surface area contributed by atoms with Crippen LogP contribution in [0.25, 0.3) is 0 Å². The van der Waals surface area contributed by atoms with Crippen LogP contribution in [0, 0.1) is 0 Å². The van der Waals surface area contributed by atoms with Crippen molar-refractivity contribution >= 4 is 0 Å². The molecule has 0 saturated heterocycles. The molecule has 1 aliphatic heterocycles. The van der Waals surface area contributed by atoms with Crippen molar-refractivity contribution < 1.29 is 0 Å². The smallest absolute Gasteiger partial charge is 0.105 e. The van der Waals surface area contributed by atoms with Gasteiger partial charge in [0.2, 0.25) is 0 Å². The normalized spacial score (nSPS) is 16.1. The van der Waals surface area contributed by atoms with E-state index < -0.39 is 0 Å². The lowest BCUT2D eigenvalue weighted by atomic mass is 10.1. The van der Waals surface area contributed by atoms with E-state index in [-0.39, 0.29) is 0 Å². The van der Waals surface area contributed by atoms with E-state index in [1.165, 1.54) is 102 Å². The number of hydrogen-bond donors (Lipinski definition) is 0. The predicted molar refractivity (Wildman–Crippen MR) is 128 cm³/mol. The van der Waals surface area contributed by atoms with E-state index in [1.807, 2.05) is 0 Å². The minimum Gasteiger partial charge on any atom is -0.356 e. The molecule has 0 aliphatic carbocycles. The van der Waals surface area contributed by atoms with Crippen molar-refractivity contribution in [1.82, 2.24) is 9.80 Å². The van der Waals surface area contributed by atoms with Gasteiger partial charge in [0.25, 0.3) is 0 Å². The SMILES string of the molecule is CCCCCCCCCCCCN1C=CN(CCCCC)C1Cc1ccccc1. The van der Waals surface area contributed by atoms with Gasteiger partial charge >= 0.3 is 0 Å². The van der Waals surface area contributed by atoms with Crippen LogP contribution in [0.2, 0.25) is 0 Å². The molecule has 1 heterocycles. The molecular formula is C27H46N2. The van der Waals surface area contributed by atoms with Crippen molar-refractivity contribution in [2.45, 2.75) is 110 Å². The van der Waals surface area contributed by atoms with Crippen LogP contribution < -0.4 is 0 Å². The molecule has 1 aromatic rings. The summed E-state index contributed by atoms with van der Waals surface area (Å²) in [6, 6.07) is 11.0. The Bertz CT molecular complexity index is 525. The number of hydrogen-bond acceptors (Lipinski definition) is 2. The van der Waals surface area contributed by atoms with Crippen LogP contribution in [0.3, 0.4) is 0 Å². The van der Waals surface area contributed by atoms with Crippen LogP contribution in [0.1, 0.15) is 103 Å². The van der Waals surface area contributed by atoms with Gasteiger partial charge in [-0.25, -0.2) is 0 Å². The van der Waals surface area contributed by atoms with Crippen LogP contribution in [0.15, 0.2) is 42.7 Å². The second kappa shape index (κ2) is 15.4. The Morgan fingerprint density at radius 1 is 0.586 bits per heavy atom. The minimum atomic E-state index is 0.507. The summed E-state index contributed by atoms with van der Waals surface area (Å²) in [7, 11) is 0. The Morgan fingerprint density at radius 3 is 1.59 bits per heavy atom. The van der Waals surface area contributed by atoms with Gasteiger partial charge in [-0.1, -0.05) is 115 Å². The molecule has 0 N–H and O–H groups in total. The van der Waals surface area contributed by atoms with Gasteiger partial charge < -0.3 is 9.80 Å². The molecule has 1 aromatic carbocycles. The molecule has 29 heavy (non-hydrogen) atoms. The molecule has 0 aromatic heterocycles. The maximum atomic E-state index is 2.60. The quantitative estimate of drug-likeness (QED) is 0.247. The zero-order valence-electron chi connectivity index (χ0n) is 19.3.